The summed E-state index contributed by atoms with van der Waals surface area (Å²) < 4.78 is 1.62. The summed E-state index contributed by atoms with van der Waals surface area (Å²) in [4.78, 5) is 26.4. The van der Waals surface area contributed by atoms with Crippen molar-refractivity contribution in [2.75, 3.05) is 0 Å². The van der Waals surface area contributed by atoms with E-state index in [2.05, 4.69) is 4.98 Å². The Morgan fingerprint density at radius 2 is 1.81 bits per heavy atom. The smallest absolute Gasteiger partial charge is 0.309 e. The molecular formula is C18H14ClN3O4. The Morgan fingerprint density at radius 1 is 1.15 bits per heavy atom. The third kappa shape index (κ3) is 3.57. The van der Waals surface area contributed by atoms with Crippen molar-refractivity contribution in [1.82, 2.24) is 9.55 Å². The maximum Gasteiger partial charge on any atom is 0.309 e. The van der Waals surface area contributed by atoms with Crippen LogP contribution in [0.2, 0.25) is 5.15 Å². The fourth-order valence-corrected chi connectivity index (χ4v) is 2.99. The summed E-state index contributed by atoms with van der Waals surface area (Å²) in [5.74, 6) is -0.597. The van der Waals surface area contributed by atoms with Gasteiger partial charge in [-0.25, -0.2) is 4.98 Å². The molecule has 1 N–H and O–H groups in total. The first-order valence-corrected chi connectivity index (χ1v) is 8.09. The van der Waals surface area contributed by atoms with Crippen molar-refractivity contribution in [2.45, 2.75) is 13.0 Å². The molecule has 0 radical (unpaired) electrons. The number of halogens is 1. The van der Waals surface area contributed by atoms with Gasteiger partial charge < -0.3 is 9.67 Å². The summed E-state index contributed by atoms with van der Waals surface area (Å²) >= 11 is 6.18. The quantitative estimate of drug-likeness (QED) is 0.525. The maximum absolute atomic E-state index is 11.3. The van der Waals surface area contributed by atoms with Gasteiger partial charge in [-0.2, -0.15) is 0 Å². The minimum atomic E-state index is -1.06. The maximum atomic E-state index is 11.3. The molecule has 0 spiro atoms. The highest BCUT2D eigenvalue weighted by atomic mass is 35.5. The van der Waals surface area contributed by atoms with Gasteiger partial charge in [0.25, 0.3) is 5.69 Å². The standard InChI is InChI=1S/C18H14ClN3O4/c19-17-15(10-16(23)24)21(18(20-17)12-6-2-1-3-7-12)11-13-8-4-5-9-14(13)22(25)26/h1-9H,10-11H2,(H,23,24). The normalized spacial score (nSPS) is 10.7. The lowest BCUT2D eigenvalue weighted by Gasteiger charge is -2.12. The van der Waals surface area contributed by atoms with Gasteiger partial charge in [0.1, 0.15) is 5.82 Å². The van der Waals surface area contributed by atoms with Gasteiger partial charge in [0.15, 0.2) is 5.15 Å². The molecule has 8 heteroatoms. The first-order valence-electron chi connectivity index (χ1n) is 7.71. The van der Waals surface area contributed by atoms with Gasteiger partial charge in [-0.1, -0.05) is 60.1 Å². The molecule has 26 heavy (non-hydrogen) atoms. The summed E-state index contributed by atoms with van der Waals surface area (Å²) in [5, 5.41) is 20.6. The molecule has 1 heterocycles. The molecule has 1 aromatic heterocycles. The van der Waals surface area contributed by atoms with Crippen LogP contribution in [0.1, 0.15) is 11.3 Å². The van der Waals surface area contributed by atoms with Crippen LogP contribution in [0.15, 0.2) is 54.6 Å². The van der Waals surface area contributed by atoms with Gasteiger partial charge in [-0.15, -0.1) is 0 Å². The number of benzene rings is 2. The van der Waals surface area contributed by atoms with Crippen molar-refractivity contribution in [3.8, 4) is 11.4 Å². The fourth-order valence-electron chi connectivity index (χ4n) is 2.74. The van der Waals surface area contributed by atoms with Crippen LogP contribution in [0.3, 0.4) is 0 Å². The zero-order valence-corrected chi connectivity index (χ0v) is 14.3. The van der Waals surface area contributed by atoms with Crippen molar-refractivity contribution >= 4 is 23.3 Å². The molecule has 2 aromatic carbocycles. The molecule has 0 saturated heterocycles. The van der Waals surface area contributed by atoms with Crippen molar-refractivity contribution < 1.29 is 14.8 Å². The summed E-state index contributed by atoms with van der Waals surface area (Å²) in [5.41, 5.74) is 1.44. The molecule has 7 nitrogen and oxygen atoms in total. The highest BCUT2D eigenvalue weighted by molar-refractivity contribution is 6.30. The third-order valence-corrected chi connectivity index (χ3v) is 4.19. The number of aromatic nitrogens is 2. The third-order valence-electron chi connectivity index (χ3n) is 3.89. The van der Waals surface area contributed by atoms with E-state index in [0.29, 0.717) is 17.1 Å². The fraction of sp³-hybridized carbons (Fsp3) is 0.111. The number of rotatable bonds is 6. The van der Waals surface area contributed by atoms with Gasteiger partial charge in [0.05, 0.1) is 23.6 Å². The van der Waals surface area contributed by atoms with Gasteiger partial charge in [0, 0.05) is 17.2 Å². The second-order valence-corrected chi connectivity index (χ2v) is 5.94. The molecule has 0 aliphatic rings. The molecular weight excluding hydrogens is 358 g/mol. The Labute approximate surface area is 153 Å². The highest BCUT2D eigenvalue weighted by Gasteiger charge is 2.22. The molecule has 0 unspecified atom stereocenters. The molecule has 0 bridgehead atoms. The summed E-state index contributed by atoms with van der Waals surface area (Å²) in [7, 11) is 0. The van der Waals surface area contributed by atoms with Crippen LogP contribution in [0, 0.1) is 10.1 Å². The van der Waals surface area contributed by atoms with E-state index >= 15 is 0 Å². The van der Waals surface area contributed by atoms with E-state index in [1.165, 1.54) is 6.07 Å². The Hall–Kier alpha value is -3.19. The molecule has 3 rings (SSSR count). The second kappa shape index (κ2) is 7.37. The van der Waals surface area contributed by atoms with E-state index in [9.17, 15) is 20.0 Å². The van der Waals surface area contributed by atoms with E-state index in [0.717, 1.165) is 5.56 Å². The predicted octanol–water partition coefficient (Wildman–Crippen LogP) is 3.79. The largest absolute Gasteiger partial charge is 0.481 e. The van der Waals surface area contributed by atoms with Crippen molar-refractivity contribution in [1.29, 1.82) is 0 Å². The Balaban J connectivity index is 2.15. The lowest BCUT2D eigenvalue weighted by atomic mass is 10.1. The lowest BCUT2D eigenvalue weighted by Crippen LogP contribution is -2.12. The number of carbonyl (C=O) groups is 1. The first kappa shape index (κ1) is 17.6. The second-order valence-electron chi connectivity index (χ2n) is 5.58. The minimum absolute atomic E-state index is 0.0439. The molecule has 132 valence electrons. The Morgan fingerprint density at radius 3 is 2.46 bits per heavy atom. The van der Waals surface area contributed by atoms with E-state index in [4.69, 9.17) is 11.6 Å². The number of nitro benzene ring substituents is 1. The highest BCUT2D eigenvalue weighted by Crippen LogP contribution is 2.29. The topological polar surface area (TPSA) is 98.3 Å². The molecule has 3 aromatic rings. The molecule has 0 saturated carbocycles. The monoisotopic (exact) mass is 371 g/mol. The number of para-hydroxylation sites is 1. The summed E-state index contributed by atoms with van der Waals surface area (Å²) in [6.07, 6.45) is -0.334. The van der Waals surface area contributed by atoms with Crippen LogP contribution in [0.4, 0.5) is 5.69 Å². The molecule has 0 atom stereocenters. The number of nitro groups is 1. The number of carboxylic acid groups (broad SMARTS) is 1. The van der Waals surface area contributed by atoms with Gasteiger partial charge in [0.2, 0.25) is 0 Å². The van der Waals surface area contributed by atoms with Gasteiger partial charge in [-0.3, -0.25) is 14.9 Å². The van der Waals surface area contributed by atoms with Crippen molar-refractivity contribution in [3.05, 3.63) is 81.1 Å². The number of hydrogen-bond donors (Lipinski definition) is 1. The van der Waals surface area contributed by atoms with E-state index in [-0.39, 0.29) is 23.8 Å². The van der Waals surface area contributed by atoms with Crippen LogP contribution >= 0.6 is 11.6 Å². The number of nitrogens with zero attached hydrogens (tertiary/aromatic N) is 3. The summed E-state index contributed by atoms with van der Waals surface area (Å²) in [6, 6.07) is 15.4. The first-order chi connectivity index (χ1) is 12.5. The number of hydrogen-bond acceptors (Lipinski definition) is 4. The number of aliphatic carboxylic acids is 1. The van der Waals surface area contributed by atoms with Crippen LogP contribution in [-0.2, 0) is 17.8 Å². The van der Waals surface area contributed by atoms with Crippen molar-refractivity contribution in [2.24, 2.45) is 0 Å². The predicted molar refractivity (Wildman–Crippen MR) is 96.2 cm³/mol. The molecule has 0 aliphatic carbocycles. The van der Waals surface area contributed by atoms with Gasteiger partial charge >= 0.3 is 5.97 Å². The Kier molecular flexibility index (Phi) is 4.99. The zero-order valence-electron chi connectivity index (χ0n) is 13.5. The average Bonchev–Trinajstić information content (AvgIpc) is 2.92. The van der Waals surface area contributed by atoms with Crippen LogP contribution in [0.25, 0.3) is 11.4 Å². The van der Waals surface area contributed by atoms with Crippen LogP contribution in [-0.4, -0.2) is 25.6 Å². The zero-order chi connectivity index (χ0) is 18.7. The van der Waals surface area contributed by atoms with Gasteiger partial charge in [-0.05, 0) is 0 Å². The molecule has 0 fully saturated rings. The van der Waals surface area contributed by atoms with E-state index in [1.54, 1.807) is 22.8 Å². The summed E-state index contributed by atoms with van der Waals surface area (Å²) in [6.45, 7) is 0.0870. The number of carboxylic acids is 1. The molecule has 0 amide bonds. The SMILES string of the molecule is O=C(O)Cc1c(Cl)nc(-c2ccccc2)n1Cc1ccccc1[N+](=O)[O-]. The van der Waals surface area contributed by atoms with E-state index < -0.39 is 10.9 Å². The molecule has 0 aliphatic heterocycles. The Bertz CT molecular complexity index is 970. The van der Waals surface area contributed by atoms with E-state index in [1.807, 2.05) is 30.3 Å². The average molecular weight is 372 g/mol. The van der Waals surface area contributed by atoms with Crippen LogP contribution in [0.5, 0.6) is 0 Å². The lowest BCUT2D eigenvalue weighted by molar-refractivity contribution is -0.385. The minimum Gasteiger partial charge on any atom is -0.481 e. The number of imidazole rings is 1. The van der Waals surface area contributed by atoms with Crippen LogP contribution < -0.4 is 0 Å². The van der Waals surface area contributed by atoms with Crippen molar-refractivity contribution in [3.63, 3.8) is 0 Å².